The van der Waals surface area contributed by atoms with Crippen molar-refractivity contribution in [1.29, 1.82) is 0 Å². The summed E-state index contributed by atoms with van der Waals surface area (Å²) in [6, 6.07) is 4.12. The number of halogens is 1. The molecule has 1 N–H and O–H groups in total. The maximum absolute atomic E-state index is 9.40. The molecule has 3 heteroatoms. The lowest BCUT2D eigenvalue weighted by atomic mass is 10.1. The lowest BCUT2D eigenvalue weighted by Crippen LogP contribution is -2.19. The maximum atomic E-state index is 9.40. The van der Waals surface area contributed by atoms with Gasteiger partial charge in [-0.3, -0.25) is 0 Å². The number of aryl methyl sites for hydroxylation is 2. The van der Waals surface area contributed by atoms with Crippen molar-refractivity contribution < 1.29 is 9.84 Å². The van der Waals surface area contributed by atoms with E-state index in [1.807, 2.05) is 19.9 Å². The third-order valence-electron chi connectivity index (χ3n) is 2.47. The van der Waals surface area contributed by atoms with Crippen molar-refractivity contribution in [2.45, 2.75) is 26.9 Å². The van der Waals surface area contributed by atoms with Gasteiger partial charge in [0.25, 0.3) is 0 Å². The standard InChI is InChI=1S/C12H17BrO2/c1-8-4-5-9(2)12(10(8)3)15-7-11(14)6-13/h4-5,11,14H,6-7H2,1-3H3. The van der Waals surface area contributed by atoms with Crippen LogP contribution in [-0.2, 0) is 0 Å². The second-order valence-electron chi connectivity index (χ2n) is 3.77. The third-order valence-corrected chi connectivity index (χ3v) is 3.22. The van der Waals surface area contributed by atoms with Gasteiger partial charge in [-0.2, -0.15) is 0 Å². The zero-order chi connectivity index (χ0) is 11.4. The van der Waals surface area contributed by atoms with Crippen LogP contribution < -0.4 is 4.74 Å². The minimum Gasteiger partial charge on any atom is -0.490 e. The second-order valence-corrected chi connectivity index (χ2v) is 4.42. The normalized spacial score (nSPS) is 12.6. The van der Waals surface area contributed by atoms with E-state index in [0.29, 0.717) is 11.9 Å². The molecule has 15 heavy (non-hydrogen) atoms. The van der Waals surface area contributed by atoms with Gasteiger partial charge < -0.3 is 9.84 Å². The van der Waals surface area contributed by atoms with Crippen molar-refractivity contribution in [3.05, 3.63) is 28.8 Å². The Hall–Kier alpha value is -0.540. The lowest BCUT2D eigenvalue weighted by molar-refractivity contribution is 0.126. The summed E-state index contributed by atoms with van der Waals surface area (Å²) in [4.78, 5) is 0. The highest BCUT2D eigenvalue weighted by molar-refractivity contribution is 9.09. The van der Waals surface area contributed by atoms with E-state index in [4.69, 9.17) is 4.74 Å². The SMILES string of the molecule is Cc1ccc(C)c(OCC(O)CBr)c1C. The van der Waals surface area contributed by atoms with E-state index in [0.717, 1.165) is 16.9 Å². The molecule has 0 radical (unpaired) electrons. The van der Waals surface area contributed by atoms with E-state index in [1.54, 1.807) is 0 Å². The molecule has 84 valence electrons. The first-order valence-corrected chi connectivity index (χ1v) is 6.12. The summed E-state index contributed by atoms with van der Waals surface area (Å²) in [6.45, 7) is 6.44. The van der Waals surface area contributed by atoms with E-state index in [9.17, 15) is 5.11 Å². The van der Waals surface area contributed by atoms with E-state index in [2.05, 4.69) is 28.9 Å². The molecule has 1 aromatic carbocycles. The van der Waals surface area contributed by atoms with Crippen LogP contribution in [0, 0.1) is 20.8 Å². The fraction of sp³-hybridized carbons (Fsp3) is 0.500. The molecule has 2 nitrogen and oxygen atoms in total. The van der Waals surface area contributed by atoms with Gasteiger partial charge in [-0.15, -0.1) is 0 Å². The van der Waals surface area contributed by atoms with Crippen LogP contribution >= 0.6 is 15.9 Å². The summed E-state index contributed by atoms with van der Waals surface area (Å²) < 4.78 is 5.62. The first kappa shape index (κ1) is 12.5. The van der Waals surface area contributed by atoms with Crippen LogP contribution in [0.1, 0.15) is 16.7 Å². The Morgan fingerprint density at radius 3 is 2.47 bits per heavy atom. The molecule has 1 rings (SSSR count). The molecule has 0 saturated carbocycles. The first-order chi connectivity index (χ1) is 7.06. The number of rotatable bonds is 4. The number of alkyl halides is 1. The Bertz CT molecular complexity index is 337. The smallest absolute Gasteiger partial charge is 0.125 e. The molecule has 0 amide bonds. The fourth-order valence-corrected chi connectivity index (χ4v) is 1.56. The largest absolute Gasteiger partial charge is 0.490 e. The average molecular weight is 273 g/mol. The Kier molecular flexibility index (Phi) is 4.61. The van der Waals surface area contributed by atoms with Crippen LogP contribution in [0.2, 0.25) is 0 Å². The van der Waals surface area contributed by atoms with Crippen molar-refractivity contribution in [2.24, 2.45) is 0 Å². The summed E-state index contributed by atoms with van der Waals surface area (Å²) in [5.41, 5.74) is 3.47. The molecule has 0 heterocycles. The zero-order valence-electron chi connectivity index (χ0n) is 9.38. The van der Waals surface area contributed by atoms with Crippen LogP contribution in [0.25, 0.3) is 0 Å². The highest BCUT2D eigenvalue weighted by Gasteiger charge is 2.08. The monoisotopic (exact) mass is 272 g/mol. The molecule has 1 unspecified atom stereocenters. The van der Waals surface area contributed by atoms with Crippen molar-refractivity contribution in [1.82, 2.24) is 0 Å². The summed E-state index contributed by atoms with van der Waals surface area (Å²) in [6.07, 6.45) is -0.454. The molecule has 0 aliphatic carbocycles. The van der Waals surface area contributed by atoms with Gasteiger partial charge in [-0.1, -0.05) is 28.1 Å². The van der Waals surface area contributed by atoms with Crippen molar-refractivity contribution in [3.8, 4) is 5.75 Å². The van der Waals surface area contributed by atoms with Crippen LogP contribution in [0.3, 0.4) is 0 Å². The molecule has 0 aliphatic heterocycles. The lowest BCUT2D eigenvalue weighted by Gasteiger charge is -2.15. The zero-order valence-corrected chi connectivity index (χ0v) is 11.0. The summed E-state index contributed by atoms with van der Waals surface area (Å²) in [5.74, 6) is 0.898. The molecule has 0 bridgehead atoms. The predicted molar refractivity (Wildman–Crippen MR) is 65.9 cm³/mol. The fourth-order valence-electron chi connectivity index (χ4n) is 1.37. The molecular formula is C12H17BrO2. The average Bonchev–Trinajstić information content (AvgIpc) is 2.23. The third kappa shape index (κ3) is 3.21. The van der Waals surface area contributed by atoms with Gasteiger partial charge in [-0.25, -0.2) is 0 Å². The van der Waals surface area contributed by atoms with Gasteiger partial charge in [-0.05, 0) is 37.5 Å². The number of benzene rings is 1. The van der Waals surface area contributed by atoms with Gasteiger partial charge in [0.2, 0.25) is 0 Å². The number of ether oxygens (including phenoxy) is 1. The van der Waals surface area contributed by atoms with Gasteiger partial charge in [0.1, 0.15) is 12.4 Å². The number of aliphatic hydroxyl groups is 1. The van der Waals surface area contributed by atoms with E-state index in [1.165, 1.54) is 5.56 Å². The van der Waals surface area contributed by atoms with E-state index in [-0.39, 0.29) is 0 Å². The summed E-state index contributed by atoms with van der Waals surface area (Å²) in [5, 5.41) is 9.94. The Morgan fingerprint density at radius 2 is 1.87 bits per heavy atom. The second kappa shape index (κ2) is 5.52. The van der Waals surface area contributed by atoms with Gasteiger partial charge in [0.05, 0.1) is 6.10 Å². The van der Waals surface area contributed by atoms with Gasteiger partial charge in [0, 0.05) is 5.33 Å². The summed E-state index contributed by atoms with van der Waals surface area (Å²) >= 11 is 3.21. The van der Waals surface area contributed by atoms with Crippen LogP contribution in [0.15, 0.2) is 12.1 Å². The van der Waals surface area contributed by atoms with Gasteiger partial charge in [0.15, 0.2) is 0 Å². The quantitative estimate of drug-likeness (QED) is 0.855. The number of aliphatic hydroxyl groups excluding tert-OH is 1. The minimum atomic E-state index is -0.454. The molecule has 0 spiro atoms. The summed E-state index contributed by atoms with van der Waals surface area (Å²) in [7, 11) is 0. The Labute approximate surface area is 99.4 Å². The molecule has 0 fully saturated rings. The maximum Gasteiger partial charge on any atom is 0.125 e. The molecule has 0 aromatic heterocycles. The topological polar surface area (TPSA) is 29.5 Å². The molecule has 0 aliphatic rings. The molecule has 1 aromatic rings. The van der Waals surface area contributed by atoms with E-state index < -0.39 is 6.10 Å². The highest BCUT2D eigenvalue weighted by Crippen LogP contribution is 2.25. The van der Waals surface area contributed by atoms with Crippen molar-refractivity contribution in [3.63, 3.8) is 0 Å². The van der Waals surface area contributed by atoms with Crippen molar-refractivity contribution in [2.75, 3.05) is 11.9 Å². The van der Waals surface area contributed by atoms with Crippen LogP contribution in [0.4, 0.5) is 0 Å². The van der Waals surface area contributed by atoms with Crippen LogP contribution in [-0.4, -0.2) is 23.1 Å². The van der Waals surface area contributed by atoms with E-state index >= 15 is 0 Å². The highest BCUT2D eigenvalue weighted by atomic mass is 79.9. The Morgan fingerprint density at radius 1 is 1.27 bits per heavy atom. The molecule has 1 atom stereocenters. The predicted octanol–water partition coefficient (Wildman–Crippen LogP) is 2.75. The first-order valence-electron chi connectivity index (χ1n) is 5.00. The molecule has 0 saturated heterocycles. The van der Waals surface area contributed by atoms with Crippen molar-refractivity contribution >= 4 is 15.9 Å². The number of hydrogen-bond acceptors (Lipinski definition) is 2. The minimum absolute atomic E-state index is 0.330. The number of hydrogen-bond donors (Lipinski definition) is 1. The van der Waals surface area contributed by atoms with Gasteiger partial charge >= 0.3 is 0 Å². The van der Waals surface area contributed by atoms with Crippen LogP contribution in [0.5, 0.6) is 5.75 Å². The Balaban J connectivity index is 2.80. The molecular weight excluding hydrogens is 256 g/mol.